The Morgan fingerprint density at radius 1 is 1.08 bits per heavy atom. The summed E-state index contributed by atoms with van der Waals surface area (Å²) in [5, 5.41) is 2.85. The molecular formula is C20H22BrNO4. The predicted molar refractivity (Wildman–Crippen MR) is 105 cm³/mol. The van der Waals surface area contributed by atoms with Gasteiger partial charge in [0.15, 0.2) is 6.10 Å². The number of carbonyl (C=O) groups excluding carboxylic acids is 2. The monoisotopic (exact) mass is 419 g/mol. The van der Waals surface area contributed by atoms with E-state index in [-0.39, 0.29) is 5.91 Å². The molecule has 1 atom stereocenters. The van der Waals surface area contributed by atoms with Gasteiger partial charge in [-0.05, 0) is 73.0 Å². The number of esters is 1. The van der Waals surface area contributed by atoms with Gasteiger partial charge in [0.2, 0.25) is 0 Å². The summed E-state index contributed by atoms with van der Waals surface area (Å²) >= 11 is 3.32. The van der Waals surface area contributed by atoms with Crippen LogP contribution in [0.25, 0.3) is 0 Å². The van der Waals surface area contributed by atoms with Crippen LogP contribution in [0.4, 0.5) is 5.69 Å². The zero-order valence-corrected chi connectivity index (χ0v) is 17.1. The molecule has 26 heavy (non-hydrogen) atoms. The van der Waals surface area contributed by atoms with E-state index < -0.39 is 12.1 Å². The Labute approximate surface area is 161 Å². The number of hydrogen-bond acceptors (Lipinski definition) is 4. The number of carbonyl (C=O) groups is 2. The number of hydrogen-bond donors (Lipinski definition) is 1. The van der Waals surface area contributed by atoms with Gasteiger partial charge in [0.05, 0.1) is 17.1 Å². The van der Waals surface area contributed by atoms with E-state index in [2.05, 4.69) is 21.2 Å². The van der Waals surface area contributed by atoms with Crippen LogP contribution in [0.5, 0.6) is 5.75 Å². The molecule has 0 spiro atoms. The fourth-order valence-electron chi connectivity index (χ4n) is 2.68. The smallest absolute Gasteiger partial charge is 0.338 e. The van der Waals surface area contributed by atoms with E-state index >= 15 is 0 Å². The van der Waals surface area contributed by atoms with Crippen molar-refractivity contribution < 1.29 is 19.1 Å². The zero-order valence-electron chi connectivity index (χ0n) is 15.5. The highest BCUT2D eigenvalue weighted by atomic mass is 79.9. The molecule has 0 heterocycles. The summed E-state index contributed by atoms with van der Waals surface area (Å²) in [5.41, 5.74) is 4.14. The largest absolute Gasteiger partial charge is 0.496 e. The number of methoxy groups -OCH3 is 1. The third-order valence-corrected chi connectivity index (χ3v) is 4.59. The summed E-state index contributed by atoms with van der Waals surface area (Å²) in [4.78, 5) is 24.7. The van der Waals surface area contributed by atoms with Crippen molar-refractivity contribution in [1.82, 2.24) is 0 Å². The molecule has 0 radical (unpaired) electrons. The van der Waals surface area contributed by atoms with Crippen LogP contribution < -0.4 is 10.1 Å². The molecule has 138 valence electrons. The molecule has 2 aromatic rings. The minimum Gasteiger partial charge on any atom is -0.496 e. The molecule has 0 aliphatic carbocycles. The van der Waals surface area contributed by atoms with Crippen LogP contribution in [0, 0.1) is 20.8 Å². The molecule has 0 saturated carbocycles. The fourth-order valence-corrected chi connectivity index (χ4v) is 3.22. The first-order valence-corrected chi connectivity index (χ1v) is 8.95. The minimum absolute atomic E-state index is 0.333. The van der Waals surface area contributed by atoms with E-state index in [1.807, 2.05) is 32.9 Å². The maximum atomic E-state index is 12.4. The van der Waals surface area contributed by atoms with Crippen molar-refractivity contribution in [2.24, 2.45) is 0 Å². The molecule has 1 N–H and O–H groups in total. The van der Waals surface area contributed by atoms with Gasteiger partial charge < -0.3 is 14.8 Å². The third-order valence-electron chi connectivity index (χ3n) is 3.97. The molecule has 1 amide bonds. The molecule has 2 aromatic carbocycles. The highest BCUT2D eigenvalue weighted by Crippen LogP contribution is 2.26. The van der Waals surface area contributed by atoms with E-state index in [9.17, 15) is 9.59 Å². The Hall–Kier alpha value is -2.34. The molecule has 0 bridgehead atoms. The van der Waals surface area contributed by atoms with Gasteiger partial charge in [0.1, 0.15) is 5.75 Å². The summed E-state index contributed by atoms with van der Waals surface area (Å²) < 4.78 is 11.1. The summed E-state index contributed by atoms with van der Waals surface area (Å²) in [6, 6.07) is 8.83. The number of aryl methyl sites for hydroxylation is 3. The van der Waals surface area contributed by atoms with Crippen molar-refractivity contribution in [2.45, 2.75) is 33.8 Å². The van der Waals surface area contributed by atoms with Crippen LogP contribution in [-0.4, -0.2) is 25.1 Å². The number of benzene rings is 2. The second-order valence-corrected chi connectivity index (χ2v) is 7.01. The van der Waals surface area contributed by atoms with E-state index in [1.54, 1.807) is 32.2 Å². The lowest BCUT2D eigenvalue weighted by Gasteiger charge is -2.17. The van der Waals surface area contributed by atoms with Gasteiger partial charge in [-0.3, -0.25) is 4.79 Å². The first-order valence-electron chi connectivity index (χ1n) is 8.16. The number of halogens is 1. The Kier molecular flexibility index (Phi) is 6.42. The van der Waals surface area contributed by atoms with Crippen molar-refractivity contribution in [2.75, 3.05) is 12.4 Å². The number of nitrogens with one attached hydrogen (secondary N) is 1. The van der Waals surface area contributed by atoms with Crippen molar-refractivity contribution in [1.29, 1.82) is 0 Å². The Morgan fingerprint density at radius 3 is 2.23 bits per heavy atom. The quantitative estimate of drug-likeness (QED) is 0.720. The van der Waals surface area contributed by atoms with Gasteiger partial charge in [0, 0.05) is 5.69 Å². The van der Waals surface area contributed by atoms with Gasteiger partial charge in [-0.25, -0.2) is 4.79 Å². The van der Waals surface area contributed by atoms with Crippen LogP contribution in [0.15, 0.2) is 34.8 Å². The molecular weight excluding hydrogens is 398 g/mol. The highest BCUT2D eigenvalue weighted by Gasteiger charge is 2.21. The van der Waals surface area contributed by atoms with Crippen LogP contribution >= 0.6 is 15.9 Å². The topological polar surface area (TPSA) is 64.6 Å². The van der Waals surface area contributed by atoms with Crippen LogP contribution in [0.1, 0.15) is 34.0 Å². The lowest BCUT2D eigenvalue weighted by molar-refractivity contribution is -0.123. The predicted octanol–water partition coefficient (Wildman–Crippen LogP) is 4.57. The molecule has 0 saturated heterocycles. The van der Waals surface area contributed by atoms with Crippen molar-refractivity contribution in [3.05, 3.63) is 57.1 Å². The summed E-state index contributed by atoms with van der Waals surface area (Å²) in [5.74, 6) is -0.341. The molecule has 6 heteroatoms. The van der Waals surface area contributed by atoms with Gasteiger partial charge in [-0.1, -0.05) is 17.7 Å². The van der Waals surface area contributed by atoms with Gasteiger partial charge >= 0.3 is 5.97 Å². The Balaban J connectivity index is 2.07. The van der Waals surface area contributed by atoms with Gasteiger partial charge in [0.25, 0.3) is 5.91 Å². The average molecular weight is 420 g/mol. The van der Waals surface area contributed by atoms with Crippen molar-refractivity contribution in [3.8, 4) is 5.75 Å². The van der Waals surface area contributed by atoms with Crippen molar-refractivity contribution >= 4 is 33.5 Å². The summed E-state index contributed by atoms with van der Waals surface area (Å²) in [7, 11) is 1.54. The lowest BCUT2D eigenvalue weighted by atomic mass is 10.0. The Morgan fingerprint density at radius 2 is 1.69 bits per heavy atom. The Bertz CT molecular complexity index is 825. The minimum atomic E-state index is -0.927. The third kappa shape index (κ3) is 4.64. The SMILES string of the molecule is COc1ccc(C(=O)O[C@@H](C)C(=O)Nc2c(C)cc(C)cc2C)cc1Br. The standard InChI is InChI=1S/C20H22BrNO4/c1-11-8-12(2)18(13(3)9-11)22-19(23)14(4)26-20(24)15-6-7-17(25-5)16(21)10-15/h6-10,14H,1-5H3,(H,22,23)/t14-/m0/s1. The molecule has 0 unspecified atom stereocenters. The van der Waals surface area contributed by atoms with Crippen molar-refractivity contribution in [3.63, 3.8) is 0 Å². The number of ether oxygens (including phenoxy) is 2. The average Bonchev–Trinajstić information content (AvgIpc) is 2.57. The second-order valence-electron chi connectivity index (χ2n) is 6.16. The molecule has 0 aromatic heterocycles. The molecule has 0 aliphatic rings. The van der Waals surface area contributed by atoms with Crippen LogP contribution in [0.3, 0.4) is 0 Å². The van der Waals surface area contributed by atoms with Gasteiger partial charge in [-0.2, -0.15) is 0 Å². The lowest BCUT2D eigenvalue weighted by Crippen LogP contribution is -2.30. The number of amides is 1. The maximum absolute atomic E-state index is 12.4. The number of anilines is 1. The van der Waals surface area contributed by atoms with Crippen LogP contribution in [0.2, 0.25) is 0 Å². The first kappa shape index (κ1) is 20.0. The normalized spacial score (nSPS) is 11.6. The summed E-state index contributed by atoms with van der Waals surface area (Å²) in [6.45, 7) is 7.41. The van der Waals surface area contributed by atoms with Crippen LogP contribution in [-0.2, 0) is 9.53 Å². The van der Waals surface area contributed by atoms with E-state index in [0.717, 1.165) is 22.4 Å². The summed E-state index contributed by atoms with van der Waals surface area (Å²) in [6.07, 6.45) is -0.927. The van der Waals surface area contributed by atoms with Gasteiger partial charge in [-0.15, -0.1) is 0 Å². The number of rotatable bonds is 5. The highest BCUT2D eigenvalue weighted by molar-refractivity contribution is 9.10. The second kappa shape index (κ2) is 8.36. The fraction of sp³-hybridized carbons (Fsp3) is 0.300. The molecule has 2 rings (SSSR count). The first-order chi connectivity index (χ1) is 12.2. The van der Waals surface area contributed by atoms with E-state index in [1.165, 1.54) is 0 Å². The molecule has 5 nitrogen and oxygen atoms in total. The zero-order chi connectivity index (χ0) is 19.4. The van der Waals surface area contributed by atoms with E-state index in [4.69, 9.17) is 9.47 Å². The maximum Gasteiger partial charge on any atom is 0.338 e. The molecule has 0 fully saturated rings. The van der Waals surface area contributed by atoms with E-state index in [0.29, 0.717) is 15.8 Å². The molecule has 0 aliphatic heterocycles.